The van der Waals surface area contributed by atoms with Gasteiger partial charge in [0.2, 0.25) is 0 Å². The summed E-state index contributed by atoms with van der Waals surface area (Å²) >= 11 is 0. The summed E-state index contributed by atoms with van der Waals surface area (Å²) in [6, 6.07) is 16.9. The Kier molecular flexibility index (Phi) is 3.93. The molecule has 2 aromatic rings. The van der Waals surface area contributed by atoms with Crippen LogP contribution < -0.4 is 5.32 Å². The summed E-state index contributed by atoms with van der Waals surface area (Å²) in [5.41, 5.74) is 2.50. The van der Waals surface area contributed by atoms with E-state index >= 15 is 0 Å². The monoisotopic (exact) mass is 255 g/mol. The molecule has 4 heteroatoms. The van der Waals surface area contributed by atoms with Crippen LogP contribution in [0.3, 0.4) is 0 Å². The minimum Gasteiger partial charge on any atom is -0.474 e. The van der Waals surface area contributed by atoms with Crippen LogP contribution in [0, 0.1) is 0 Å². The van der Waals surface area contributed by atoms with Crippen molar-refractivity contribution in [3.63, 3.8) is 0 Å². The molecule has 0 aromatic heterocycles. The fourth-order valence-electron chi connectivity index (χ4n) is 1.79. The van der Waals surface area contributed by atoms with Gasteiger partial charge in [-0.05, 0) is 23.6 Å². The van der Waals surface area contributed by atoms with Crippen LogP contribution in [-0.4, -0.2) is 17.0 Å². The standard InChI is InChI=1S/C15H13NO3/c17-14(15(18)19)16-13-9-5-4-8-12(13)10-11-6-2-1-3-7-11/h1-9H,10H2,(H,16,17)(H,18,19). The summed E-state index contributed by atoms with van der Waals surface area (Å²) in [6.07, 6.45) is 0.636. The van der Waals surface area contributed by atoms with Crippen LogP contribution in [0.5, 0.6) is 0 Å². The number of carbonyl (C=O) groups is 2. The predicted molar refractivity (Wildman–Crippen MR) is 72.0 cm³/mol. The topological polar surface area (TPSA) is 66.4 Å². The van der Waals surface area contributed by atoms with Gasteiger partial charge in [0.1, 0.15) is 0 Å². The molecule has 2 aromatic carbocycles. The number of aliphatic carboxylic acids is 1. The third-order valence-electron chi connectivity index (χ3n) is 2.70. The molecule has 0 fully saturated rings. The maximum absolute atomic E-state index is 11.2. The van der Waals surface area contributed by atoms with Gasteiger partial charge in [-0.2, -0.15) is 0 Å². The summed E-state index contributed by atoms with van der Waals surface area (Å²) in [5, 5.41) is 11.0. The summed E-state index contributed by atoms with van der Waals surface area (Å²) in [6.45, 7) is 0. The second-order valence-corrected chi connectivity index (χ2v) is 4.08. The molecule has 0 atom stereocenters. The Bertz CT molecular complexity index is 593. The number of carboxylic acid groups (broad SMARTS) is 1. The number of anilines is 1. The summed E-state index contributed by atoms with van der Waals surface area (Å²) in [5.74, 6) is -2.52. The average molecular weight is 255 g/mol. The molecule has 0 bridgehead atoms. The first-order valence-electron chi connectivity index (χ1n) is 5.83. The van der Waals surface area contributed by atoms with E-state index in [-0.39, 0.29) is 0 Å². The van der Waals surface area contributed by atoms with E-state index in [0.29, 0.717) is 12.1 Å². The molecule has 1 amide bonds. The Morgan fingerprint density at radius 3 is 2.26 bits per heavy atom. The molecule has 0 aliphatic rings. The molecule has 0 saturated carbocycles. The first kappa shape index (κ1) is 12.8. The first-order chi connectivity index (χ1) is 9.16. The lowest BCUT2D eigenvalue weighted by Crippen LogP contribution is -2.22. The van der Waals surface area contributed by atoms with Crippen LogP contribution in [0.2, 0.25) is 0 Å². The smallest absolute Gasteiger partial charge is 0.394 e. The van der Waals surface area contributed by atoms with E-state index < -0.39 is 11.9 Å². The Morgan fingerprint density at radius 1 is 0.947 bits per heavy atom. The molecule has 0 spiro atoms. The van der Waals surface area contributed by atoms with Gasteiger partial charge in [-0.15, -0.1) is 0 Å². The third kappa shape index (κ3) is 3.42. The number of nitrogens with one attached hydrogen (secondary N) is 1. The van der Waals surface area contributed by atoms with Gasteiger partial charge in [0.05, 0.1) is 0 Å². The fraction of sp³-hybridized carbons (Fsp3) is 0.0667. The summed E-state index contributed by atoms with van der Waals surface area (Å²) in [7, 11) is 0. The molecule has 2 N–H and O–H groups in total. The number of amides is 1. The first-order valence-corrected chi connectivity index (χ1v) is 5.83. The zero-order chi connectivity index (χ0) is 13.7. The minimum absolute atomic E-state index is 0.527. The number of rotatable bonds is 3. The SMILES string of the molecule is O=C(O)C(=O)Nc1ccccc1Cc1ccccc1. The summed E-state index contributed by atoms with van der Waals surface area (Å²) < 4.78 is 0. The second-order valence-electron chi connectivity index (χ2n) is 4.08. The van der Waals surface area contributed by atoms with E-state index in [1.807, 2.05) is 42.5 Å². The van der Waals surface area contributed by atoms with Crippen molar-refractivity contribution in [2.45, 2.75) is 6.42 Å². The van der Waals surface area contributed by atoms with Gasteiger partial charge in [-0.25, -0.2) is 4.79 Å². The highest BCUT2D eigenvalue weighted by molar-refractivity contribution is 6.36. The van der Waals surface area contributed by atoms with E-state index in [9.17, 15) is 9.59 Å². The normalized spacial score (nSPS) is 9.89. The van der Waals surface area contributed by atoms with Gasteiger partial charge in [0, 0.05) is 5.69 Å². The van der Waals surface area contributed by atoms with Crippen LogP contribution in [-0.2, 0) is 16.0 Å². The predicted octanol–water partition coefficient (Wildman–Crippen LogP) is 2.30. The second kappa shape index (κ2) is 5.82. The van der Waals surface area contributed by atoms with Crippen molar-refractivity contribution in [3.05, 3.63) is 65.7 Å². The van der Waals surface area contributed by atoms with Gasteiger partial charge in [-0.3, -0.25) is 4.79 Å². The number of para-hydroxylation sites is 1. The van der Waals surface area contributed by atoms with E-state index in [0.717, 1.165) is 11.1 Å². The van der Waals surface area contributed by atoms with Gasteiger partial charge in [0.15, 0.2) is 0 Å². The van der Waals surface area contributed by atoms with Gasteiger partial charge in [0.25, 0.3) is 0 Å². The van der Waals surface area contributed by atoms with E-state index in [4.69, 9.17) is 5.11 Å². The molecule has 0 aliphatic carbocycles. The Morgan fingerprint density at radius 2 is 1.58 bits per heavy atom. The number of hydrogen-bond donors (Lipinski definition) is 2. The van der Waals surface area contributed by atoms with Crippen molar-refractivity contribution in [2.75, 3.05) is 5.32 Å². The van der Waals surface area contributed by atoms with Crippen LogP contribution in [0.15, 0.2) is 54.6 Å². The molecular formula is C15H13NO3. The quantitative estimate of drug-likeness (QED) is 0.827. The molecule has 0 unspecified atom stereocenters. The molecule has 2 rings (SSSR count). The molecule has 19 heavy (non-hydrogen) atoms. The zero-order valence-corrected chi connectivity index (χ0v) is 10.2. The van der Waals surface area contributed by atoms with Gasteiger partial charge >= 0.3 is 11.9 Å². The molecule has 0 aliphatic heterocycles. The largest absolute Gasteiger partial charge is 0.474 e. The van der Waals surface area contributed by atoms with Crippen LogP contribution in [0.4, 0.5) is 5.69 Å². The van der Waals surface area contributed by atoms with Crippen molar-refractivity contribution in [3.8, 4) is 0 Å². The van der Waals surface area contributed by atoms with Crippen molar-refractivity contribution in [2.24, 2.45) is 0 Å². The maximum Gasteiger partial charge on any atom is 0.394 e. The van der Waals surface area contributed by atoms with Crippen LogP contribution >= 0.6 is 0 Å². The molecule has 96 valence electrons. The van der Waals surface area contributed by atoms with E-state index in [1.54, 1.807) is 12.1 Å². The van der Waals surface area contributed by atoms with E-state index in [2.05, 4.69) is 5.32 Å². The number of carbonyl (C=O) groups excluding carboxylic acids is 1. The lowest BCUT2D eigenvalue weighted by molar-refractivity contribution is -0.147. The summed E-state index contributed by atoms with van der Waals surface area (Å²) in [4.78, 5) is 21.8. The van der Waals surface area contributed by atoms with Crippen molar-refractivity contribution in [1.82, 2.24) is 0 Å². The van der Waals surface area contributed by atoms with Gasteiger partial charge < -0.3 is 10.4 Å². The zero-order valence-electron chi connectivity index (χ0n) is 10.2. The van der Waals surface area contributed by atoms with Crippen molar-refractivity contribution in [1.29, 1.82) is 0 Å². The lowest BCUT2D eigenvalue weighted by atomic mass is 10.0. The van der Waals surface area contributed by atoms with E-state index in [1.165, 1.54) is 0 Å². The maximum atomic E-state index is 11.2. The Balaban J connectivity index is 2.21. The average Bonchev–Trinajstić information content (AvgIpc) is 2.42. The van der Waals surface area contributed by atoms with Crippen molar-refractivity contribution >= 4 is 17.6 Å². The Hall–Kier alpha value is -2.62. The van der Waals surface area contributed by atoms with Gasteiger partial charge in [-0.1, -0.05) is 48.5 Å². The van der Waals surface area contributed by atoms with Crippen molar-refractivity contribution < 1.29 is 14.7 Å². The van der Waals surface area contributed by atoms with Crippen LogP contribution in [0.25, 0.3) is 0 Å². The molecule has 0 radical (unpaired) electrons. The number of benzene rings is 2. The lowest BCUT2D eigenvalue weighted by Gasteiger charge is -2.09. The Labute approximate surface area is 110 Å². The molecular weight excluding hydrogens is 242 g/mol. The molecule has 4 nitrogen and oxygen atoms in total. The highest BCUT2D eigenvalue weighted by Gasteiger charge is 2.13. The molecule has 0 heterocycles. The van der Waals surface area contributed by atoms with Crippen LogP contribution in [0.1, 0.15) is 11.1 Å². The molecule has 0 saturated heterocycles. The third-order valence-corrected chi connectivity index (χ3v) is 2.70. The fourth-order valence-corrected chi connectivity index (χ4v) is 1.79. The minimum atomic E-state index is -1.49. The number of hydrogen-bond acceptors (Lipinski definition) is 2. The highest BCUT2D eigenvalue weighted by Crippen LogP contribution is 2.18. The highest BCUT2D eigenvalue weighted by atomic mass is 16.4. The number of carboxylic acids is 1.